The van der Waals surface area contributed by atoms with Gasteiger partial charge in [-0.25, -0.2) is 8.78 Å². The second kappa shape index (κ2) is 6.20. The SMILES string of the molecule is CC(=O)C(C(=O)OC(C)(C)C)C(=O)C1CCC(F)(F)CC1. The number of esters is 1. The van der Waals surface area contributed by atoms with E-state index in [-0.39, 0.29) is 25.7 Å². The first kappa shape index (κ1) is 17.7. The Morgan fingerprint density at radius 2 is 1.62 bits per heavy atom. The molecule has 1 atom stereocenters. The highest BCUT2D eigenvalue weighted by Gasteiger charge is 2.43. The number of halogens is 2. The van der Waals surface area contributed by atoms with Crippen molar-refractivity contribution in [2.75, 3.05) is 0 Å². The molecule has 0 saturated heterocycles. The van der Waals surface area contributed by atoms with Gasteiger partial charge in [0, 0.05) is 18.8 Å². The molecule has 0 N–H and O–H groups in total. The fraction of sp³-hybridized carbons (Fsp3) is 0.800. The minimum Gasteiger partial charge on any atom is -0.459 e. The zero-order valence-electron chi connectivity index (χ0n) is 12.9. The Kier molecular flexibility index (Phi) is 5.23. The van der Waals surface area contributed by atoms with Crippen molar-refractivity contribution in [2.45, 2.75) is 64.9 Å². The molecule has 0 heterocycles. The van der Waals surface area contributed by atoms with Crippen LogP contribution >= 0.6 is 0 Å². The summed E-state index contributed by atoms with van der Waals surface area (Å²) in [5.41, 5.74) is -0.815. The highest BCUT2D eigenvalue weighted by atomic mass is 19.3. The van der Waals surface area contributed by atoms with Crippen LogP contribution in [0.4, 0.5) is 8.78 Å². The number of alkyl halides is 2. The molecule has 0 radical (unpaired) electrons. The van der Waals surface area contributed by atoms with Crippen molar-refractivity contribution in [2.24, 2.45) is 11.8 Å². The van der Waals surface area contributed by atoms with Crippen LogP contribution in [0.3, 0.4) is 0 Å². The van der Waals surface area contributed by atoms with Crippen LogP contribution in [-0.2, 0) is 19.1 Å². The van der Waals surface area contributed by atoms with Crippen LogP contribution in [0.25, 0.3) is 0 Å². The van der Waals surface area contributed by atoms with Crippen molar-refractivity contribution < 1.29 is 27.9 Å². The maximum absolute atomic E-state index is 13.1. The third-order valence-corrected chi connectivity index (χ3v) is 3.45. The molecule has 4 nitrogen and oxygen atoms in total. The van der Waals surface area contributed by atoms with Crippen molar-refractivity contribution in [1.82, 2.24) is 0 Å². The van der Waals surface area contributed by atoms with Gasteiger partial charge in [0.05, 0.1) is 0 Å². The van der Waals surface area contributed by atoms with Gasteiger partial charge < -0.3 is 4.74 Å². The molecule has 0 bridgehead atoms. The van der Waals surface area contributed by atoms with Crippen LogP contribution in [0.2, 0.25) is 0 Å². The van der Waals surface area contributed by atoms with Gasteiger partial charge in [0.25, 0.3) is 0 Å². The molecule has 21 heavy (non-hydrogen) atoms. The fourth-order valence-electron chi connectivity index (χ4n) is 2.40. The zero-order chi connectivity index (χ0) is 16.4. The first-order valence-corrected chi connectivity index (χ1v) is 7.08. The molecule has 0 amide bonds. The van der Waals surface area contributed by atoms with Crippen molar-refractivity contribution in [3.05, 3.63) is 0 Å². The number of carbonyl (C=O) groups excluding carboxylic acids is 3. The third kappa shape index (κ3) is 5.17. The van der Waals surface area contributed by atoms with Crippen molar-refractivity contribution in [1.29, 1.82) is 0 Å². The highest BCUT2D eigenvalue weighted by Crippen LogP contribution is 2.37. The van der Waals surface area contributed by atoms with E-state index in [0.717, 1.165) is 6.92 Å². The zero-order valence-corrected chi connectivity index (χ0v) is 12.9. The molecule has 1 rings (SSSR count). The first-order chi connectivity index (χ1) is 9.43. The van der Waals surface area contributed by atoms with Gasteiger partial charge in [0.2, 0.25) is 5.92 Å². The summed E-state index contributed by atoms with van der Waals surface area (Å²) in [6.07, 6.45) is -0.776. The average Bonchev–Trinajstić information content (AvgIpc) is 2.25. The van der Waals surface area contributed by atoms with E-state index in [1.54, 1.807) is 20.8 Å². The Morgan fingerprint density at radius 3 is 2.00 bits per heavy atom. The van der Waals surface area contributed by atoms with Gasteiger partial charge in [-0.1, -0.05) is 0 Å². The minimum absolute atomic E-state index is 0.00158. The standard InChI is InChI=1S/C15H22F2O4/c1-9(18)11(13(20)21-14(2,3)4)12(19)10-5-7-15(16,17)8-6-10/h10-11H,5-8H2,1-4H3. The summed E-state index contributed by atoms with van der Waals surface area (Å²) in [4.78, 5) is 35.9. The minimum atomic E-state index is -2.76. The number of Topliss-reactive ketones (excluding diaryl/α,β-unsaturated/α-hetero) is 2. The Balaban J connectivity index is 2.80. The molecule has 0 aromatic rings. The van der Waals surface area contributed by atoms with Gasteiger partial charge in [-0.05, 0) is 40.5 Å². The predicted octanol–water partition coefficient (Wildman–Crippen LogP) is 2.93. The Morgan fingerprint density at radius 1 is 1.14 bits per heavy atom. The lowest BCUT2D eigenvalue weighted by Gasteiger charge is -2.29. The summed E-state index contributed by atoms with van der Waals surface area (Å²) in [6.45, 7) is 6.04. The van der Waals surface area contributed by atoms with Crippen LogP contribution in [0.15, 0.2) is 0 Å². The second-order valence-electron chi connectivity index (χ2n) is 6.61. The lowest BCUT2D eigenvalue weighted by Crippen LogP contribution is -2.41. The van der Waals surface area contributed by atoms with E-state index in [1.807, 2.05) is 0 Å². The molecule has 1 saturated carbocycles. The van der Waals surface area contributed by atoms with E-state index in [2.05, 4.69) is 0 Å². The van der Waals surface area contributed by atoms with Crippen LogP contribution in [0, 0.1) is 11.8 Å². The molecule has 120 valence electrons. The molecule has 1 unspecified atom stereocenters. The number of hydrogen-bond acceptors (Lipinski definition) is 4. The summed E-state index contributed by atoms with van der Waals surface area (Å²) < 4.78 is 31.3. The van der Waals surface area contributed by atoms with Gasteiger partial charge in [-0.3, -0.25) is 14.4 Å². The maximum Gasteiger partial charge on any atom is 0.324 e. The predicted molar refractivity (Wildman–Crippen MR) is 71.9 cm³/mol. The largest absolute Gasteiger partial charge is 0.459 e. The quantitative estimate of drug-likeness (QED) is 0.592. The highest BCUT2D eigenvalue weighted by molar-refractivity contribution is 6.17. The summed E-state index contributed by atoms with van der Waals surface area (Å²) in [6, 6.07) is 0. The molecular formula is C15H22F2O4. The molecule has 0 aromatic carbocycles. The average molecular weight is 304 g/mol. The van der Waals surface area contributed by atoms with E-state index in [9.17, 15) is 23.2 Å². The van der Waals surface area contributed by atoms with E-state index >= 15 is 0 Å². The maximum atomic E-state index is 13.1. The first-order valence-electron chi connectivity index (χ1n) is 7.08. The molecular weight excluding hydrogens is 282 g/mol. The van der Waals surface area contributed by atoms with Crippen molar-refractivity contribution >= 4 is 17.5 Å². The third-order valence-electron chi connectivity index (χ3n) is 3.45. The Bertz CT molecular complexity index is 427. The van der Waals surface area contributed by atoms with Crippen molar-refractivity contribution in [3.63, 3.8) is 0 Å². The topological polar surface area (TPSA) is 60.4 Å². The lowest BCUT2D eigenvalue weighted by molar-refractivity contribution is -0.165. The van der Waals surface area contributed by atoms with E-state index < -0.39 is 40.9 Å². The smallest absolute Gasteiger partial charge is 0.324 e. The fourth-order valence-corrected chi connectivity index (χ4v) is 2.40. The van der Waals surface area contributed by atoms with E-state index in [0.29, 0.717) is 0 Å². The molecule has 1 fully saturated rings. The van der Waals surface area contributed by atoms with Crippen LogP contribution in [-0.4, -0.2) is 29.1 Å². The van der Waals surface area contributed by atoms with Gasteiger partial charge in [-0.2, -0.15) is 0 Å². The second-order valence-corrected chi connectivity index (χ2v) is 6.61. The van der Waals surface area contributed by atoms with Crippen LogP contribution < -0.4 is 0 Å². The van der Waals surface area contributed by atoms with Crippen molar-refractivity contribution in [3.8, 4) is 0 Å². The lowest BCUT2D eigenvalue weighted by atomic mass is 9.79. The molecule has 6 heteroatoms. The Labute approximate surface area is 123 Å². The number of ketones is 2. The number of ether oxygens (including phenoxy) is 1. The van der Waals surface area contributed by atoms with Gasteiger partial charge >= 0.3 is 5.97 Å². The van der Waals surface area contributed by atoms with Crippen LogP contribution in [0.1, 0.15) is 53.4 Å². The number of rotatable bonds is 4. The molecule has 1 aliphatic rings. The summed E-state index contributed by atoms with van der Waals surface area (Å²) in [5, 5.41) is 0. The van der Waals surface area contributed by atoms with E-state index in [4.69, 9.17) is 4.74 Å². The van der Waals surface area contributed by atoms with E-state index in [1.165, 1.54) is 0 Å². The molecule has 0 spiro atoms. The molecule has 1 aliphatic carbocycles. The number of hydrogen-bond donors (Lipinski definition) is 0. The Hall–Kier alpha value is -1.33. The number of carbonyl (C=O) groups is 3. The molecule has 0 aromatic heterocycles. The van der Waals surface area contributed by atoms with Gasteiger partial charge in [0.15, 0.2) is 17.5 Å². The summed E-state index contributed by atoms with van der Waals surface area (Å²) in [5.74, 6) is -7.02. The monoisotopic (exact) mass is 304 g/mol. The van der Waals surface area contributed by atoms with Gasteiger partial charge in [0.1, 0.15) is 5.60 Å². The summed E-state index contributed by atoms with van der Waals surface area (Å²) in [7, 11) is 0. The van der Waals surface area contributed by atoms with Crippen LogP contribution in [0.5, 0.6) is 0 Å². The summed E-state index contributed by atoms with van der Waals surface area (Å²) >= 11 is 0. The van der Waals surface area contributed by atoms with Gasteiger partial charge in [-0.15, -0.1) is 0 Å². The molecule has 0 aliphatic heterocycles. The normalized spacial score (nSPS) is 20.7.